The van der Waals surface area contributed by atoms with Gasteiger partial charge < -0.3 is 0 Å². The van der Waals surface area contributed by atoms with Crippen molar-refractivity contribution in [3.05, 3.63) is 23.1 Å². The van der Waals surface area contributed by atoms with Gasteiger partial charge in [0.15, 0.2) is 0 Å². The number of hydrogen-bond donors (Lipinski definition) is 0. The molecule has 0 aliphatic heterocycles. The summed E-state index contributed by atoms with van der Waals surface area (Å²) in [5.74, 6) is 0. The van der Waals surface area contributed by atoms with Gasteiger partial charge in [-0.3, -0.25) is 4.18 Å². The summed E-state index contributed by atoms with van der Waals surface area (Å²) in [5.41, 5.74) is 0. The number of allylic oxidation sites excluding steroid dienone is 4. The van der Waals surface area contributed by atoms with Crippen LogP contribution >= 0.6 is 0 Å². The van der Waals surface area contributed by atoms with E-state index < -0.39 is 10.1 Å². The van der Waals surface area contributed by atoms with Gasteiger partial charge in [-0.05, 0) is 6.08 Å². The molecule has 0 fully saturated rings. The molecule has 10 heavy (non-hydrogen) atoms. The average molecular weight is 160 g/mol. The van der Waals surface area contributed by atoms with Gasteiger partial charge in [0, 0.05) is 6.42 Å². The van der Waals surface area contributed by atoms with E-state index in [1.165, 1.54) is 0 Å². The van der Waals surface area contributed by atoms with Gasteiger partial charge in [-0.2, -0.15) is 8.42 Å². The van der Waals surface area contributed by atoms with Crippen LogP contribution in [0.25, 0.3) is 0 Å². The maximum atomic E-state index is 10.9. The second-order valence-corrected chi connectivity index (χ2v) is 3.65. The maximum Gasteiger partial charge on any atom is 0.293 e. The van der Waals surface area contributed by atoms with E-state index in [0.29, 0.717) is 11.3 Å². The van der Waals surface area contributed by atoms with E-state index in [4.69, 9.17) is 0 Å². The van der Waals surface area contributed by atoms with Gasteiger partial charge in [0.2, 0.25) is 0 Å². The van der Waals surface area contributed by atoms with Crippen LogP contribution in [0, 0.1) is 0 Å². The molecule has 0 aromatic carbocycles. The van der Waals surface area contributed by atoms with Crippen molar-refractivity contribution in [1.82, 2.24) is 0 Å². The normalized spacial score (nSPS) is 17.5. The lowest BCUT2D eigenvalue weighted by Crippen LogP contribution is -2.03. The smallest absolute Gasteiger partial charge is 0.270 e. The topological polar surface area (TPSA) is 43.4 Å². The highest BCUT2D eigenvalue weighted by molar-refractivity contribution is 7.90. The third-order valence-electron chi connectivity index (χ3n) is 1.28. The second kappa shape index (κ2) is 2.56. The van der Waals surface area contributed by atoms with Crippen LogP contribution in [0.5, 0.6) is 0 Å². The number of hydrogen-bond acceptors (Lipinski definition) is 3. The molecule has 0 spiro atoms. The molecule has 0 aromatic rings. The standard InChI is InChI=1S/C6H8O3S/c1-9-10(7,8)6-4-2-3-5-6/h2-4H,5H2,1H3. The Morgan fingerprint density at radius 2 is 2.30 bits per heavy atom. The fraction of sp³-hybridized carbons (Fsp3) is 0.333. The largest absolute Gasteiger partial charge is 0.293 e. The van der Waals surface area contributed by atoms with Crippen molar-refractivity contribution in [2.75, 3.05) is 7.11 Å². The molecule has 0 unspecified atom stereocenters. The van der Waals surface area contributed by atoms with Crippen molar-refractivity contribution >= 4 is 10.1 Å². The summed E-state index contributed by atoms with van der Waals surface area (Å²) >= 11 is 0. The Hall–Kier alpha value is -0.610. The predicted octanol–water partition coefficient (Wildman–Crippen LogP) is 0.806. The molecule has 0 saturated carbocycles. The fourth-order valence-corrected chi connectivity index (χ4v) is 1.48. The SMILES string of the molecule is COS(=O)(=O)C1=CC=CC1. The molecule has 0 bridgehead atoms. The first-order valence-electron chi connectivity index (χ1n) is 2.83. The van der Waals surface area contributed by atoms with Crippen LogP contribution in [0.1, 0.15) is 6.42 Å². The minimum atomic E-state index is -3.40. The fourth-order valence-electron chi connectivity index (χ4n) is 0.720. The van der Waals surface area contributed by atoms with Crippen molar-refractivity contribution in [3.63, 3.8) is 0 Å². The lowest BCUT2D eigenvalue weighted by atomic mass is 10.5. The molecule has 0 N–H and O–H groups in total. The minimum absolute atomic E-state index is 0.329. The molecule has 1 rings (SSSR count). The summed E-state index contributed by atoms with van der Waals surface area (Å²) in [6.07, 6.45) is 5.47. The van der Waals surface area contributed by atoms with Crippen LogP contribution in [0.4, 0.5) is 0 Å². The van der Waals surface area contributed by atoms with Crippen molar-refractivity contribution in [3.8, 4) is 0 Å². The molecule has 0 amide bonds. The molecule has 4 heteroatoms. The molecule has 3 nitrogen and oxygen atoms in total. The monoisotopic (exact) mass is 160 g/mol. The Morgan fingerprint density at radius 1 is 1.60 bits per heavy atom. The summed E-state index contributed by atoms with van der Waals surface area (Å²) in [7, 11) is -2.24. The lowest BCUT2D eigenvalue weighted by Gasteiger charge is -1.98. The van der Waals surface area contributed by atoms with Gasteiger partial charge in [0.1, 0.15) is 0 Å². The van der Waals surface area contributed by atoms with E-state index in [1.807, 2.05) is 0 Å². The highest BCUT2D eigenvalue weighted by atomic mass is 32.2. The zero-order chi connectivity index (χ0) is 7.61. The molecule has 0 heterocycles. The second-order valence-electron chi connectivity index (χ2n) is 1.89. The lowest BCUT2D eigenvalue weighted by molar-refractivity contribution is 0.403. The van der Waals surface area contributed by atoms with Crippen LogP contribution in [0.3, 0.4) is 0 Å². The van der Waals surface area contributed by atoms with E-state index in [-0.39, 0.29) is 0 Å². The van der Waals surface area contributed by atoms with Gasteiger partial charge in [0.05, 0.1) is 12.0 Å². The first-order valence-corrected chi connectivity index (χ1v) is 4.24. The van der Waals surface area contributed by atoms with Crippen LogP contribution in [0.2, 0.25) is 0 Å². The zero-order valence-electron chi connectivity index (χ0n) is 5.57. The highest BCUT2D eigenvalue weighted by Crippen LogP contribution is 2.17. The van der Waals surface area contributed by atoms with E-state index in [0.717, 1.165) is 7.11 Å². The van der Waals surface area contributed by atoms with Crippen molar-refractivity contribution in [2.24, 2.45) is 0 Å². The highest BCUT2D eigenvalue weighted by Gasteiger charge is 2.16. The molecular weight excluding hydrogens is 152 g/mol. The van der Waals surface area contributed by atoms with Crippen molar-refractivity contribution in [1.29, 1.82) is 0 Å². The van der Waals surface area contributed by atoms with Gasteiger partial charge in [0.25, 0.3) is 10.1 Å². The summed E-state index contributed by atoms with van der Waals surface area (Å²) in [6.45, 7) is 0. The Bertz CT molecular complexity index is 271. The molecule has 0 atom stereocenters. The van der Waals surface area contributed by atoms with Crippen LogP contribution in [0.15, 0.2) is 23.1 Å². The summed E-state index contributed by atoms with van der Waals surface area (Å²) in [4.78, 5) is 0.329. The summed E-state index contributed by atoms with van der Waals surface area (Å²) in [6, 6.07) is 0. The van der Waals surface area contributed by atoms with E-state index in [9.17, 15) is 8.42 Å². The Labute approximate surface area is 60.1 Å². The third-order valence-corrected chi connectivity index (χ3v) is 2.66. The summed E-state index contributed by atoms with van der Waals surface area (Å²) < 4.78 is 26.0. The quantitative estimate of drug-likeness (QED) is 0.561. The van der Waals surface area contributed by atoms with Crippen LogP contribution in [-0.2, 0) is 14.3 Å². The minimum Gasteiger partial charge on any atom is -0.270 e. The molecule has 0 radical (unpaired) electrons. The third kappa shape index (κ3) is 1.27. The molecule has 1 aliphatic rings. The zero-order valence-corrected chi connectivity index (χ0v) is 6.39. The molecule has 0 aromatic heterocycles. The molecule has 0 saturated heterocycles. The van der Waals surface area contributed by atoms with Gasteiger partial charge in [-0.25, -0.2) is 0 Å². The van der Waals surface area contributed by atoms with E-state index in [2.05, 4.69) is 4.18 Å². The first-order chi connectivity index (χ1) is 4.67. The summed E-state index contributed by atoms with van der Waals surface area (Å²) in [5, 5.41) is 0. The molecule has 56 valence electrons. The predicted molar refractivity (Wildman–Crippen MR) is 37.8 cm³/mol. The van der Waals surface area contributed by atoms with Crippen molar-refractivity contribution in [2.45, 2.75) is 6.42 Å². The van der Waals surface area contributed by atoms with Crippen LogP contribution in [-0.4, -0.2) is 15.5 Å². The van der Waals surface area contributed by atoms with Crippen molar-refractivity contribution < 1.29 is 12.6 Å². The Kier molecular flexibility index (Phi) is 1.92. The average Bonchev–Trinajstić information content (AvgIpc) is 2.38. The molecule has 1 aliphatic carbocycles. The van der Waals surface area contributed by atoms with Gasteiger partial charge in [-0.15, -0.1) is 0 Å². The van der Waals surface area contributed by atoms with E-state index in [1.54, 1.807) is 18.2 Å². The Morgan fingerprint density at radius 3 is 2.70 bits per heavy atom. The van der Waals surface area contributed by atoms with Gasteiger partial charge >= 0.3 is 0 Å². The Balaban J connectivity index is 2.87. The van der Waals surface area contributed by atoms with Crippen LogP contribution < -0.4 is 0 Å². The number of rotatable bonds is 2. The van der Waals surface area contributed by atoms with Gasteiger partial charge in [-0.1, -0.05) is 12.2 Å². The maximum absolute atomic E-state index is 10.9. The molecular formula is C6H8O3S. The van der Waals surface area contributed by atoms with E-state index >= 15 is 0 Å². The first kappa shape index (κ1) is 7.50.